The molecule has 4 rings (SSSR count). The van der Waals surface area contributed by atoms with Crippen molar-refractivity contribution in [3.8, 4) is 11.5 Å². The summed E-state index contributed by atoms with van der Waals surface area (Å²) in [6.07, 6.45) is 3.23. The van der Waals surface area contributed by atoms with Crippen LogP contribution >= 0.6 is 27.7 Å². The van der Waals surface area contributed by atoms with Gasteiger partial charge >= 0.3 is 0 Å². The van der Waals surface area contributed by atoms with Crippen molar-refractivity contribution >= 4 is 37.7 Å². The van der Waals surface area contributed by atoms with Crippen molar-refractivity contribution in [2.24, 2.45) is 0 Å². The fourth-order valence-corrected chi connectivity index (χ4v) is 5.25. The predicted octanol–water partition coefficient (Wildman–Crippen LogP) is 3.97. The summed E-state index contributed by atoms with van der Waals surface area (Å²) in [5.74, 6) is 1.40. The van der Waals surface area contributed by atoms with Gasteiger partial charge in [-0.1, -0.05) is 27.7 Å². The van der Waals surface area contributed by atoms with Gasteiger partial charge in [-0.05, 0) is 49.2 Å². The molecule has 146 valence electrons. The molecule has 0 unspecified atom stereocenters. The number of hydrogen-bond donors (Lipinski definition) is 0. The molecule has 0 aliphatic carbocycles. The number of thioether (sulfide) groups is 1. The summed E-state index contributed by atoms with van der Waals surface area (Å²) >= 11 is 4.81. The second-order valence-electron chi connectivity index (χ2n) is 6.24. The lowest BCUT2D eigenvalue weighted by Gasteiger charge is -2.15. The number of benzene rings is 1. The maximum absolute atomic E-state index is 12.5. The van der Waals surface area contributed by atoms with Gasteiger partial charge in [0, 0.05) is 29.3 Å². The van der Waals surface area contributed by atoms with Crippen LogP contribution in [0.2, 0.25) is 0 Å². The fourth-order valence-electron chi connectivity index (χ4n) is 2.84. The minimum Gasteiger partial charge on any atom is -0.420 e. The largest absolute Gasteiger partial charge is 0.420 e. The van der Waals surface area contributed by atoms with Crippen molar-refractivity contribution in [2.45, 2.75) is 28.5 Å². The van der Waals surface area contributed by atoms with Crippen LogP contribution in [0.5, 0.6) is 0 Å². The van der Waals surface area contributed by atoms with Crippen molar-refractivity contribution in [1.29, 1.82) is 0 Å². The molecule has 0 spiro atoms. The Morgan fingerprint density at radius 2 is 1.82 bits per heavy atom. The summed E-state index contributed by atoms with van der Waals surface area (Å²) in [5.41, 5.74) is 0.849. The molecular formula is C18H17BrN4O3S2. The number of sulfonamides is 1. The summed E-state index contributed by atoms with van der Waals surface area (Å²) in [6, 6.07) is 10.9. The van der Waals surface area contributed by atoms with E-state index in [4.69, 9.17) is 4.42 Å². The van der Waals surface area contributed by atoms with E-state index in [1.807, 2.05) is 24.3 Å². The molecule has 3 aromatic rings. The number of pyridine rings is 1. The van der Waals surface area contributed by atoms with Gasteiger partial charge < -0.3 is 4.42 Å². The van der Waals surface area contributed by atoms with Crippen LogP contribution < -0.4 is 0 Å². The maximum Gasteiger partial charge on any atom is 0.247 e. The smallest absolute Gasteiger partial charge is 0.247 e. The molecule has 10 heteroatoms. The van der Waals surface area contributed by atoms with E-state index in [0.29, 0.717) is 35.6 Å². The Kier molecular flexibility index (Phi) is 5.81. The summed E-state index contributed by atoms with van der Waals surface area (Å²) in [6.45, 7) is 1.16. The van der Waals surface area contributed by atoms with Crippen molar-refractivity contribution in [2.75, 3.05) is 13.1 Å². The highest BCUT2D eigenvalue weighted by atomic mass is 79.9. The third kappa shape index (κ3) is 4.29. The van der Waals surface area contributed by atoms with Gasteiger partial charge in [-0.15, -0.1) is 10.2 Å². The average Bonchev–Trinajstić information content (AvgIpc) is 3.40. The molecule has 1 aliphatic heterocycles. The van der Waals surface area contributed by atoms with Gasteiger partial charge in [-0.3, -0.25) is 0 Å². The molecule has 0 N–H and O–H groups in total. The Balaban J connectivity index is 1.40. The first-order chi connectivity index (χ1) is 13.5. The second kappa shape index (κ2) is 8.32. The van der Waals surface area contributed by atoms with Crippen molar-refractivity contribution < 1.29 is 12.8 Å². The van der Waals surface area contributed by atoms with Crippen LogP contribution in [0.4, 0.5) is 0 Å². The van der Waals surface area contributed by atoms with Gasteiger partial charge in [0.1, 0.15) is 4.90 Å². The van der Waals surface area contributed by atoms with Crippen LogP contribution in [0.3, 0.4) is 0 Å². The molecule has 1 saturated heterocycles. The summed E-state index contributed by atoms with van der Waals surface area (Å²) in [4.78, 5) is 4.50. The first-order valence-corrected chi connectivity index (χ1v) is 11.9. The molecule has 1 aromatic carbocycles. The highest BCUT2D eigenvalue weighted by molar-refractivity contribution is 9.10. The molecule has 0 radical (unpaired) electrons. The Hall–Kier alpha value is -1.75. The van der Waals surface area contributed by atoms with E-state index in [9.17, 15) is 8.42 Å². The van der Waals surface area contributed by atoms with E-state index in [1.54, 1.807) is 12.1 Å². The Morgan fingerprint density at radius 3 is 2.50 bits per heavy atom. The van der Waals surface area contributed by atoms with Gasteiger partial charge in [0.05, 0.1) is 10.8 Å². The molecule has 28 heavy (non-hydrogen) atoms. The first-order valence-electron chi connectivity index (χ1n) is 8.70. The maximum atomic E-state index is 12.5. The highest BCUT2D eigenvalue weighted by Crippen LogP contribution is 2.26. The van der Waals surface area contributed by atoms with Gasteiger partial charge in [-0.25, -0.2) is 13.4 Å². The molecule has 1 fully saturated rings. The number of aromatic nitrogens is 3. The summed E-state index contributed by atoms with van der Waals surface area (Å²) in [7, 11) is -3.44. The molecule has 1 aliphatic rings. The molecule has 3 heterocycles. The normalized spacial score (nSPS) is 15.2. The topological polar surface area (TPSA) is 89.2 Å². The molecule has 0 saturated carbocycles. The van der Waals surface area contributed by atoms with Crippen LogP contribution in [0, 0.1) is 0 Å². The van der Waals surface area contributed by atoms with E-state index < -0.39 is 10.0 Å². The van der Waals surface area contributed by atoms with Gasteiger partial charge in [0.25, 0.3) is 0 Å². The highest BCUT2D eigenvalue weighted by Gasteiger charge is 2.27. The quantitative estimate of drug-likeness (QED) is 0.492. The number of nitrogens with zero attached hydrogens (tertiary/aromatic N) is 4. The van der Waals surface area contributed by atoms with E-state index in [-0.39, 0.29) is 4.90 Å². The zero-order chi connectivity index (χ0) is 19.6. The average molecular weight is 481 g/mol. The standard InChI is InChI=1S/C18H17BrN4O3S2/c19-14-5-3-13(4-6-14)18-22-21-16(26-18)12-27-17-8-7-15(11-20-17)28(24,25)23-9-1-2-10-23/h3-8,11H,1-2,9-10,12H2. The van der Waals surface area contributed by atoms with Crippen LogP contribution in [0.25, 0.3) is 11.5 Å². The lowest BCUT2D eigenvalue weighted by molar-refractivity contribution is 0.477. The molecule has 0 bridgehead atoms. The minimum atomic E-state index is -3.44. The van der Waals surface area contributed by atoms with E-state index >= 15 is 0 Å². The van der Waals surface area contributed by atoms with Crippen LogP contribution in [-0.4, -0.2) is 41.0 Å². The fraction of sp³-hybridized carbons (Fsp3) is 0.278. The molecular weight excluding hydrogens is 464 g/mol. The molecule has 0 amide bonds. The number of hydrogen-bond acceptors (Lipinski definition) is 7. The first kappa shape index (κ1) is 19.6. The van der Waals surface area contributed by atoms with Crippen molar-refractivity contribution in [1.82, 2.24) is 19.5 Å². The molecule has 2 aromatic heterocycles. The monoisotopic (exact) mass is 480 g/mol. The predicted molar refractivity (Wildman–Crippen MR) is 109 cm³/mol. The second-order valence-corrected chi connectivity index (χ2v) is 10.1. The Morgan fingerprint density at radius 1 is 1.07 bits per heavy atom. The third-order valence-corrected chi connectivity index (χ3v) is 7.65. The minimum absolute atomic E-state index is 0.231. The van der Waals surface area contributed by atoms with E-state index in [2.05, 4.69) is 31.1 Å². The third-order valence-electron chi connectivity index (χ3n) is 4.31. The Bertz CT molecular complexity index is 1050. The zero-order valence-corrected chi connectivity index (χ0v) is 18.0. The van der Waals surface area contributed by atoms with Crippen LogP contribution in [0.1, 0.15) is 18.7 Å². The lowest BCUT2D eigenvalue weighted by Crippen LogP contribution is -2.27. The summed E-state index contributed by atoms with van der Waals surface area (Å²) < 4.78 is 33.2. The number of halogens is 1. The van der Waals surface area contributed by atoms with Gasteiger partial charge in [-0.2, -0.15) is 4.31 Å². The zero-order valence-electron chi connectivity index (χ0n) is 14.8. The van der Waals surface area contributed by atoms with Gasteiger partial charge in [0.15, 0.2) is 0 Å². The SMILES string of the molecule is O=S(=O)(c1ccc(SCc2nnc(-c3ccc(Br)cc3)o2)nc1)N1CCCC1. The van der Waals surface area contributed by atoms with Gasteiger partial charge in [0.2, 0.25) is 21.8 Å². The van der Waals surface area contributed by atoms with Crippen LogP contribution in [0.15, 0.2) is 61.4 Å². The van der Waals surface area contributed by atoms with Crippen molar-refractivity contribution in [3.05, 3.63) is 53.0 Å². The van der Waals surface area contributed by atoms with E-state index in [1.165, 1.54) is 22.3 Å². The van der Waals surface area contributed by atoms with E-state index in [0.717, 1.165) is 22.9 Å². The summed E-state index contributed by atoms with van der Waals surface area (Å²) in [5, 5.41) is 8.83. The van der Waals surface area contributed by atoms with Crippen molar-refractivity contribution in [3.63, 3.8) is 0 Å². The lowest BCUT2D eigenvalue weighted by atomic mass is 10.2. The molecule has 7 nitrogen and oxygen atoms in total. The van der Waals surface area contributed by atoms with Crippen LogP contribution in [-0.2, 0) is 15.8 Å². The molecule has 0 atom stereocenters. The Labute approximate surface area is 175 Å². The number of rotatable bonds is 6.